The van der Waals surface area contributed by atoms with Crippen LogP contribution >= 0.6 is 0 Å². The Bertz CT molecular complexity index is 921. The van der Waals surface area contributed by atoms with Crippen molar-refractivity contribution in [2.45, 2.75) is 39.2 Å². The molecule has 0 unspecified atom stereocenters. The van der Waals surface area contributed by atoms with Crippen LogP contribution in [0.1, 0.15) is 38.3 Å². The third-order valence-electron chi connectivity index (χ3n) is 4.81. The average molecular weight is 409 g/mol. The van der Waals surface area contributed by atoms with Crippen molar-refractivity contribution in [1.29, 1.82) is 0 Å². The topological polar surface area (TPSA) is 27.7 Å². The van der Waals surface area contributed by atoms with E-state index in [1.165, 1.54) is 11.6 Å². The normalized spacial score (nSPS) is 11.3. The van der Waals surface area contributed by atoms with E-state index in [1.54, 1.807) is 24.3 Å². The van der Waals surface area contributed by atoms with Gasteiger partial charge in [-0.3, -0.25) is 0 Å². The maximum Gasteiger partial charge on any atom is 0.165 e. The number of benzene rings is 3. The molecule has 4 heteroatoms. The second kappa shape index (κ2) is 10.3. The summed E-state index contributed by atoms with van der Waals surface area (Å²) in [4.78, 5) is 0. The molecule has 0 saturated carbocycles. The highest BCUT2D eigenvalue weighted by Crippen LogP contribution is 2.28. The lowest BCUT2D eigenvalue weighted by atomic mass is 9.85. The third-order valence-corrected chi connectivity index (χ3v) is 4.81. The summed E-state index contributed by atoms with van der Waals surface area (Å²) in [7, 11) is 0. The minimum Gasteiger partial charge on any atom is -0.494 e. The van der Waals surface area contributed by atoms with Gasteiger partial charge in [0.2, 0.25) is 0 Å². The summed E-state index contributed by atoms with van der Waals surface area (Å²) in [5.41, 5.74) is 1.88. The Labute approximate surface area is 178 Å². The summed E-state index contributed by atoms with van der Waals surface area (Å²) in [6.45, 7) is 8.01. The van der Waals surface area contributed by atoms with Gasteiger partial charge < -0.3 is 14.2 Å². The van der Waals surface area contributed by atoms with Crippen LogP contribution in [0.5, 0.6) is 17.2 Å². The van der Waals surface area contributed by atoms with Gasteiger partial charge >= 0.3 is 0 Å². The molecule has 0 N–H and O–H groups in total. The van der Waals surface area contributed by atoms with E-state index >= 15 is 0 Å². The highest BCUT2D eigenvalue weighted by atomic mass is 19.1. The minimum atomic E-state index is -0.395. The zero-order chi connectivity index (χ0) is 21.4. The van der Waals surface area contributed by atoms with E-state index in [-0.39, 0.29) is 11.2 Å². The molecule has 0 heterocycles. The van der Waals surface area contributed by atoms with Crippen molar-refractivity contribution in [3.63, 3.8) is 0 Å². The number of halogens is 1. The Morgan fingerprint density at radius 1 is 0.867 bits per heavy atom. The summed E-state index contributed by atoms with van der Waals surface area (Å²) >= 11 is 0. The van der Waals surface area contributed by atoms with Crippen LogP contribution in [-0.2, 0) is 16.8 Å². The fraction of sp³-hybridized carbons (Fsp3) is 0.308. The van der Waals surface area contributed by atoms with E-state index in [0.717, 1.165) is 24.3 Å². The van der Waals surface area contributed by atoms with Gasteiger partial charge in [-0.2, -0.15) is 0 Å². The van der Waals surface area contributed by atoms with Gasteiger partial charge in [0.1, 0.15) is 11.5 Å². The first-order chi connectivity index (χ1) is 14.5. The first kappa shape index (κ1) is 21.8. The monoisotopic (exact) mass is 408 g/mol. The lowest BCUT2D eigenvalue weighted by molar-refractivity contribution is 0.0823. The van der Waals surface area contributed by atoms with Crippen molar-refractivity contribution in [2.75, 3.05) is 13.2 Å². The van der Waals surface area contributed by atoms with Crippen LogP contribution in [0.15, 0.2) is 72.8 Å². The van der Waals surface area contributed by atoms with Crippen molar-refractivity contribution >= 4 is 0 Å². The number of rotatable bonds is 10. The second-order valence-corrected chi connectivity index (χ2v) is 7.93. The Morgan fingerprint density at radius 3 is 2.30 bits per heavy atom. The van der Waals surface area contributed by atoms with Crippen LogP contribution in [0.3, 0.4) is 0 Å². The molecular formula is C26H29FO3. The van der Waals surface area contributed by atoms with Crippen molar-refractivity contribution < 1.29 is 18.6 Å². The molecule has 0 fully saturated rings. The van der Waals surface area contributed by atoms with E-state index < -0.39 is 5.82 Å². The molecular weight excluding hydrogens is 379 g/mol. The predicted molar refractivity (Wildman–Crippen MR) is 118 cm³/mol. The molecule has 0 amide bonds. The van der Waals surface area contributed by atoms with Crippen LogP contribution in [0.4, 0.5) is 4.39 Å². The number of para-hydroxylation sites is 1. The average Bonchev–Trinajstić information content (AvgIpc) is 2.75. The molecule has 3 aromatic rings. The molecule has 0 aromatic heterocycles. The Balaban J connectivity index is 1.58. The highest BCUT2D eigenvalue weighted by Gasteiger charge is 2.21. The van der Waals surface area contributed by atoms with Crippen molar-refractivity contribution in [3.8, 4) is 17.2 Å². The molecule has 158 valence electrons. The molecule has 0 aliphatic rings. The van der Waals surface area contributed by atoms with E-state index in [4.69, 9.17) is 14.2 Å². The number of hydrogen-bond acceptors (Lipinski definition) is 3. The van der Waals surface area contributed by atoms with E-state index in [1.807, 2.05) is 30.3 Å². The van der Waals surface area contributed by atoms with Gasteiger partial charge in [0, 0.05) is 5.41 Å². The van der Waals surface area contributed by atoms with Gasteiger partial charge in [-0.25, -0.2) is 4.39 Å². The number of ether oxygens (including phenoxy) is 3. The molecule has 3 rings (SSSR count). The zero-order valence-electron chi connectivity index (χ0n) is 17.9. The Morgan fingerprint density at radius 2 is 1.60 bits per heavy atom. The van der Waals surface area contributed by atoms with Crippen LogP contribution in [-0.4, -0.2) is 13.2 Å². The van der Waals surface area contributed by atoms with Crippen molar-refractivity contribution in [1.82, 2.24) is 0 Å². The van der Waals surface area contributed by atoms with Gasteiger partial charge in [0.05, 0.1) is 19.8 Å². The van der Waals surface area contributed by atoms with Crippen LogP contribution < -0.4 is 9.47 Å². The summed E-state index contributed by atoms with van der Waals surface area (Å²) in [5, 5.41) is 0. The molecule has 0 aliphatic heterocycles. The summed E-state index contributed by atoms with van der Waals surface area (Å²) in [6, 6.07) is 22.2. The molecule has 0 atom stereocenters. The Kier molecular flexibility index (Phi) is 7.47. The second-order valence-electron chi connectivity index (χ2n) is 7.93. The zero-order valence-corrected chi connectivity index (χ0v) is 17.9. The lowest BCUT2D eigenvalue weighted by Gasteiger charge is -2.25. The molecule has 0 aliphatic carbocycles. The third kappa shape index (κ3) is 6.07. The van der Waals surface area contributed by atoms with Crippen LogP contribution in [0.2, 0.25) is 0 Å². The minimum absolute atomic E-state index is 0.160. The molecule has 3 aromatic carbocycles. The van der Waals surface area contributed by atoms with Gasteiger partial charge in [-0.1, -0.05) is 57.2 Å². The first-order valence-corrected chi connectivity index (χ1v) is 10.3. The van der Waals surface area contributed by atoms with Gasteiger partial charge in [-0.05, 0) is 53.9 Å². The Hall–Kier alpha value is -2.85. The van der Waals surface area contributed by atoms with E-state index in [9.17, 15) is 4.39 Å². The largest absolute Gasteiger partial charge is 0.494 e. The fourth-order valence-electron chi connectivity index (χ4n) is 3.06. The molecule has 3 nitrogen and oxygen atoms in total. The summed E-state index contributed by atoms with van der Waals surface area (Å²) in [5.74, 6) is 1.29. The predicted octanol–water partition coefficient (Wildman–Crippen LogP) is 6.90. The number of hydrogen-bond donors (Lipinski definition) is 0. The molecule has 30 heavy (non-hydrogen) atoms. The van der Waals surface area contributed by atoms with E-state index in [0.29, 0.717) is 19.0 Å². The van der Waals surface area contributed by atoms with Crippen LogP contribution in [0, 0.1) is 5.82 Å². The molecule has 0 spiro atoms. The van der Waals surface area contributed by atoms with Gasteiger partial charge in [0.25, 0.3) is 0 Å². The van der Waals surface area contributed by atoms with Crippen molar-refractivity contribution in [3.05, 3.63) is 89.7 Å². The fourth-order valence-corrected chi connectivity index (χ4v) is 3.06. The van der Waals surface area contributed by atoms with E-state index in [2.05, 4.69) is 32.9 Å². The molecule has 0 saturated heterocycles. The smallest absolute Gasteiger partial charge is 0.165 e. The lowest BCUT2D eigenvalue weighted by Crippen LogP contribution is -2.24. The highest BCUT2D eigenvalue weighted by molar-refractivity contribution is 5.35. The molecule has 0 radical (unpaired) electrons. The van der Waals surface area contributed by atoms with Gasteiger partial charge in [-0.15, -0.1) is 0 Å². The van der Waals surface area contributed by atoms with Crippen LogP contribution in [0.25, 0.3) is 0 Å². The maximum atomic E-state index is 14.1. The standard InChI is InChI=1S/C26H29FO3/c1-4-16-29-22-13-11-21(12-14-22)26(2,3)19-28-18-20-10-15-24(27)25(17-20)30-23-8-6-5-7-9-23/h5-15,17H,4,16,18-19H2,1-3H3. The first-order valence-electron chi connectivity index (χ1n) is 10.3. The quantitative estimate of drug-likeness (QED) is 0.365. The maximum absolute atomic E-state index is 14.1. The summed E-state index contributed by atoms with van der Waals surface area (Å²) in [6.07, 6.45) is 0.989. The summed E-state index contributed by atoms with van der Waals surface area (Å²) < 4.78 is 31.4. The molecule has 0 bridgehead atoms. The SMILES string of the molecule is CCCOc1ccc(C(C)(C)COCc2ccc(F)c(Oc3ccccc3)c2)cc1. The van der Waals surface area contributed by atoms with Gasteiger partial charge in [0.15, 0.2) is 11.6 Å². The van der Waals surface area contributed by atoms with Crippen molar-refractivity contribution in [2.24, 2.45) is 0 Å².